The number of anilines is 1. The van der Waals surface area contributed by atoms with E-state index in [1.54, 1.807) is 30.3 Å². The fourth-order valence-corrected chi connectivity index (χ4v) is 3.99. The summed E-state index contributed by atoms with van der Waals surface area (Å²) in [4.78, 5) is 39.4. The molecule has 0 fully saturated rings. The minimum absolute atomic E-state index is 0.000556. The summed E-state index contributed by atoms with van der Waals surface area (Å²) in [5.74, 6) is 0.0295. The Kier molecular flexibility index (Phi) is 6.12. The maximum Gasteiger partial charge on any atom is 0.244 e. The predicted octanol–water partition coefficient (Wildman–Crippen LogP) is 4.14. The molecule has 0 saturated heterocycles. The van der Waals surface area contributed by atoms with Gasteiger partial charge in [0.2, 0.25) is 18.1 Å². The molecule has 0 atom stereocenters. The van der Waals surface area contributed by atoms with Crippen LogP contribution >= 0.6 is 0 Å². The monoisotopic (exact) mass is 488 g/mol. The van der Waals surface area contributed by atoms with Gasteiger partial charge in [-0.2, -0.15) is 0 Å². The van der Waals surface area contributed by atoms with Crippen LogP contribution in [0.5, 0.6) is 17.2 Å². The van der Waals surface area contributed by atoms with Crippen molar-refractivity contribution >= 4 is 28.3 Å². The Morgan fingerprint density at radius 2 is 1.72 bits per heavy atom. The number of fused-ring (bicyclic) bond motifs is 2. The van der Waals surface area contributed by atoms with Crippen LogP contribution in [0.1, 0.15) is 22.8 Å². The summed E-state index contributed by atoms with van der Waals surface area (Å²) in [6.45, 7) is 2.22. The number of benzene rings is 3. The molecule has 36 heavy (non-hydrogen) atoms. The fourth-order valence-electron chi connectivity index (χ4n) is 3.99. The maximum atomic E-state index is 13.4. The van der Waals surface area contributed by atoms with Gasteiger partial charge in [-0.25, -0.2) is 4.39 Å². The molecule has 1 amide bonds. The number of aromatic nitrogens is 1. The van der Waals surface area contributed by atoms with Crippen molar-refractivity contribution in [2.45, 2.75) is 13.5 Å². The standard InChI is InChI=1S/C27H21FN2O6/c1-2-34-19-9-7-18(8-10-19)29-25(31)14-30-13-21(26(32)16-3-5-17(28)6-4-16)27(33)20-11-23-24(12-22(20)30)36-15-35-23/h3-13H,2,14-15H2,1H3,(H,29,31). The van der Waals surface area contributed by atoms with E-state index in [1.807, 2.05) is 6.92 Å². The minimum Gasteiger partial charge on any atom is -0.494 e. The molecule has 0 aliphatic carbocycles. The van der Waals surface area contributed by atoms with E-state index in [9.17, 15) is 18.8 Å². The molecule has 1 aliphatic rings. The third-order valence-corrected chi connectivity index (χ3v) is 5.69. The van der Waals surface area contributed by atoms with Gasteiger partial charge in [0.1, 0.15) is 18.1 Å². The number of halogens is 1. The normalized spacial score (nSPS) is 11.9. The lowest BCUT2D eigenvalue weighted by molar-refractivity contribution is -0.116. The van der Waals surface area contributed by atoms with E-state index in [4.69, 9.17) is 14.2 Å². The summed E-state index contributed by atoms with van der Waals surface area (Å²) in [6.07, 6.45) is 1.34. The first-order valence-electron chi connectivity index (χ1n) is 11.2. The summed E-state index contributed by atoms with van der Waals surface area (Å²) in [6, 6.07) is 14.9. The number of nitrogens with zero attached hydrogens (tertiary/aromatic N) is 1. The average molecular weight is 488 g/mol. The SMILES string of the molecule is CCOc1ccc(NC(=O)Cn2cc(C(=O)c3ccc(F)cc3)c(=O)c3cc4c(cc32)OCO4)cc1. The molecular formula is C27H21FN2O6. The Morgan fingerprint density at radius 1 is 1.03 bits per heavy atom. The molecule has 0 radical (unpaired) electrons. The van der Waals surface area contributed by atoms with E-state index in [-0.39, 0.29) is 35.8 Å². The zero-order valence-electron chi connectivity index (χ0n) is 19.2. The highest BCUT2D eigenvalue weighted by molar-refractivity contribution is 6.10. The summed E-state index contributed by atoms with van der Waals surface area (Å²) in [5.41, 5.74) is 0.442. The molecule has 9 heteroatoms. The van der Waals surface area contributed by atoms with Crippen LogP contribution in [0.2, 0.25) is 0 Å². The summed E-state index contributed by atoms with van der Waals surface area (Å²) < 4.78 is 31.1. The molecule has 5 rings (SSSR count). The largest absolute Gasteiger partial charge is 0.494 e. The van der Waals surface area contributed by atoms with Gasteiger partial charge in [-0.1, -0.05) is 0 Å². The third kappa shape index (κ3) is 4.50. The van der Waals surface area contributed by atoms with Gasteiger partial charge in [-0.3, -0.25) is 14.4 Å². The van der Waals surface area contributed by atoms with Crippen molar-refractivity contribution in [3.8, 4) is 17.2 Å². The summed E-state index contributed by atoms with van der Waals surface area (Å²) in [5, 5.41) is 3.00. The van der Waals surface area contributed by atoms with Gasteiger partial charge in [0.15, 0.2) is 17.3 Å². The molecule has 182 valence electrons. The van der Waals surface area contributed by atoms with E-state index in [2.05, 4.69) is 5.32 Å². The molecule has 0 spiro atoms. The number of hydrogen-bond acceptors (Lipinski definition) is 6. The number of hydrogen-bond donors (Lipinski definition) is 1. The van der Waals surface area contributed by atoms with Crippen LogP contribution in [0, 0.1) is 5.82 Å². The van der Waals surface area contributed by atoms with Gasteiger partial charge >= 0.3 is 0 Å². The van der Waals surface area contributed by atoms with E-state index in [0.29, 0.717) is 35.1 Å². The molecule has 0 saturated carbocycles. The first-order chi connectivity index (χ1) is 17.4. The number of amides is 1. The van der Waals surface area contributed by atoms with Gasteiger partial charge in [-0.15, -0.1) is 0 Å². The zero-order valence-corrected chi connectivity index (χ0v) is 19.2. The van der Waals surface area contributed by atoms with Gasteiger partial charge < -0.3 is 24.1 Å². The number of rotatable bonds is 7. The second-order valence-electron chi connectivity index (χ2n) is 8.06. The fraction of sp³-hybridized carbons (Fsp3) is 0.148. The van der Waals surface area contributed by atoms with Crippen molar-refractivity contribution in [1.82, 2.24) is 4.57 Å². The van der Waals surface area contributed by atoms with Crippen LogP contribution in [-0.2, 0) is 11.3 Å². The summed E-state index contributed by atoms with van der Waals surface area (Å²) in [7, 11) is 0. The Labute approximate surface area is 204 Å². The zero-order chi connectivity index (χ0) is 25.2. The van der Waals surface area contributed by atoms with Crippen LogP contribution in [0.4, 0.5) is 10.1 Å². The first-order valence-corrected chi connectivity index (χ1v) is 11.2. The van der Waals surface area contributed by atoms with E-state index >= 15 is 0 Å². The lowest BCUT2D eigenvalue weighted by Gasteiger charge is -2.14. The smallest absolute Gasteiger partial charge is 0.244 e. The molecule has 1 aromatic heterocycles. The van der Waals surface area contributed by atoms with Crippen molar-refractivity contribution < 1.29 is 28.2 Å². The molecule has 8 nitrogen and oxygen atoms in total. The van der Waals surface area contributed by atoms with Crippen molar-refractivity contribution in [2.24, 2.45) is 0 Å². The van der Waals surface area contributed by atoms with Crippen LogP contribution in [0.3, 0.4) is 0 Å². The Morgan fingerprint density at radius 3 is 2.42 bits per heavy atom. The van der Waals surface area contributed by atoms with Crippen LogP contribution in [0.15, 0.2) is 71.7 Å². The highest BCUT2D eigenvalue weighted by atomic mass is 19.1. The highest BCUT2D eigenvalue weighted by Gasteiger charge is 2.22. The van der Waals surface area contributed by atoms with Crippen LogP contribution in [-0.4, -0.2) is 29.7 Å². The van der Waals surface area contributed by atoms with E-state index in [0.717, 1.165) is 12.1 Å². The second kappa shape index (κ2) is 9.53. The number of carbonyl (C=O) groups is 2. The highest BCUT2D eigenvalue weighted by Crippen LogP contribution is 2.35. The number of nitrogens with one attached hydrogen (secondary N) is 1. The van der Waals surface area contributed by atoms with Crippen molar-refractivity contribution in [3.63, 3.8) is 0 Å². The van der Waals surface area contributed by atoms with Crippen molar-refractivity contribution in [3.05, 3.63) is 94.0 Å². The van der Waals surface area contributed by atoms with Crippen LogP contribution in [0.25, 0.3) is 10.9 Å². The number of pyridine rings is 1. The van der Waals surface area contributed by atoms with Gasteiger partial charge in [0.05, 0.1) is 23.1 Å². The predicted molar refractivity (Wildman–Crippen MR) is 130 cm³/mol. The van der Waals surface area contributed by atoms with E-state index in [1.165, 1.54) is 29.0 Å². The molecule has 1 aliphatic heterocycles. The topological polar surface area (TPSA) is 95.9 Å². The quantitative estimate of drug-likeness (QED) is 0.393. The Hall–Kier alpha value is -4.66. The molecule has 0 bridgehead atoms. The summed E-state index contributed by atoms with van der Waals surface area (Å²) >= 11 is 0. The van der Waals surface area contributed by atoms with Crippen LogP contribution < -0.4 is 25.0 Å². The lowest BCUT2D eigenvalue weighted by atomic mass is 10.0. The van der Waals surface area contributed by atoms with Gasteiger partial charge in [-0.05, 0) is 61.5 Å². The number of carbonyl (C=O) groups excluding carboxylic acids is 2. The first kappa shape index (κ1) is 23.1. The molecular weight excluding hydrogens is 467 g/mol. The third-order valence-electron chi connectivity index (χ3n) is 5.69. The van der Waals surface area contributed by atoms with Gasteiger partial charge in [0, 0.05) is 23.5 Å². The molecule has 1 N–H and O–H groups in total. The minimum atomic E-state index is -0.583. The average Bonchev–Trinajstić information content (AvgIpc) is 3.34. The molecule has 0 unspecified atom stereocenters. The molecule has 4 aromatic rings. The van der Waals surface area contributed by atoms with Gasteiger partial charge in [0.25, 0.3) is 0 Å². The lowest BCUT2D eigenvalue weighted by Crippen LogP contribution is -2.24. The number of ether oxygens (including phenoxy) is 3. The second-order valence-corrected chi connectivity index (χ2v) is 8.06. The van der Waals surface area contributed by atoms with E-state index < -0.39 is 17.0 Å². The van der Waals surface area contributed by atoms with Crippen molar-refractivity contribution in [1.29, 1.82) is 0 Å². The maximum absolute atomic E-state index is 13.4. The number of ketones is 1. The Balaban J connectivity index is 1.53. The van der Waals surface area contributed by atoms with Crippen molar-refractivity contribution in [2.75, 3.05) is 18.7 Å². The molecule has 3 aromatic carbocycles. The Bertz CT molecular complexity index is 1530. The molecule has 2 heterocycles.